The maximum absolute atomic E-state index is 11.5. The highest BCUT2D eigenvalue weighted by Crippen LogP contribution is 2.52. The summed E-state index contributed by atoms with van der Waals surface area (Å²) in [6.07, 6.45) is 1.48. The minimum absolute atomic E-state index is 0.146. The molecule has 0 saturated heterocycles. The van der Waals surface area contributed by atoms with Crippen molar-refractivity contribution >= 4 is 11.9 Å². The molecule has 4 nitrogen and oxygen atoms in total. The number of carbonyl (C=O) groups is 2. The van der Waals surface area contributed by atoms with E-state index < -0.39 is 17.4 Å². The van der Waals surface area contributed by atoms with Gasteiger partial charge in [0.25, 0.3) is 0 Å². The van der Waals surface area contributed by atoms with Crippen LogP contribution in [0.25, 0.3) is 0 Å². The van der Waals surface area contributed by atoms with Crippen LogP contribution in [-0.2, 0) is 19.1 Å². The second-order valence-corrected chi connectivity index (χ2v) is 3.75. The zero-order chi connectivity index (χ0) is 11.6. The molecule has 1 aliphatic rings. The predicted molar refractivity (Wildman–Crippen MR) is 54.0 cm³/mol. The van der Waals surface area contributed by atoms with Crippen LogP contribution in [0.1, 0.15) is 13.8 Å². The fraction of sp³-hybridized carbons (Fsp3) is 0.455. The van der Waals surface area contributed by atoms with Crippen molar-refractivity contribution < 1.29 is 19.1 Å². The van der Waals surface area contributed by atoms with E-state index in [1.807, 2.05) is 0 Å². The fourth-order valence-electron chi connectivity index (χ4n) is 1.49. The first-order chi connectivity index (χ1) is 6.96. The van der Waals surface area contributed by atoms with Gasteiger partial charge in [-0.2, -0.15) is 0 Å². The number of ether oxygens (including phenoxy) is 2. The molecule has 1 aliphatic carbocycles. The Morgan fingerprint density at radius 2 is 1.87 bits per heavy atom. The van der Waals surface area contributed by atoms with Gasteiger partial charge >= 0.3 is 11.9 Å². The summed E-state index contributed by atoms with van der Waals surface area (Å²) in [6.45, 7) is 7.14. The monoisotopic (exact) mass is 210 g/mol. The summed E-state index contributed by atoms with van der Waals surface area (Å²) in [5.41, 5.74) is 0.279. The Labute approximate surface area is 88.6 Å². The van der Waals surface area contributed by atoms with Crippen LogP contribution in [0.3, 0.4) is 0 Å². The van der Waals surface area contributed by atoms with E-state index in [1.54, 1.807) is 13.8 Å². The first kappa shape index (κ1) is 11.5. The van der Waals surface area contributed by atoms with E-state index in [1.165, 1.54) is 13.2 Å². The highest BCUT2D eigenvalue weighted by molar-refractivity contribution is 6.11. The van der Waals surface area contributed by atoms with Gasteiger partial charge in [0, 0.05) is 5.41 Å². The molecule has 1 rings (SSSR count). The molecule has 0 aromatic carbocycles. The maximum atomic E-state index is 11.5. The zero-order valence-electron chi connectivity index (χ0n) is 9.12. The number of hydrogen-bond donors (Lipinski definition) is 0. The number of hydrogen-bond acceptors (Lipinski definition) is 4. The van der Waals surface area contributed by atoms with Crippen LogP contribution in [0, 0.1) is 5.41 Å². The van der Waals surface area contributed by atoms with Crippen LogP contribution in [0.4, 0.5) is 0 Å². The average molecular weight is 210 g/mol. The van der Waals surface area contributed by atoms with Crippen molar-refractivity contribution in [3.05, 3.63) is 23.8 Å². The minimum Gasteiger partial charge on any atom is -0.466 e. The topological polar surface area (TPSA) is 52.6 Å². The van der Waals surface area contributed by atoms with E-state index in [0.717, 1.165) is 0 Å². The van der Waals surface area contributed by atoms with E-state index in [9.17, 15) is 9.59 Å². The van der Waals surface area contributed by atoms with Crippen LogP contribution in [0.15, 0.2) is 23.8 Å². The van der Waals surface area contributed by atoms with Gasteiger partial charge in [-0.05, 0) is 0 Å². The van der Waals surface area contributed by atoms with Gasteiger partial charge in [0.15, 0.2) is 0 Å². The summed E-state index contributed by atoms with van der Waals surface area (Å²) in [6, 6.07) is 0. The lowest BCUT2D eigenvalue weighted by molar-refractivity contribution is -0.138. The Morgan fingerprint density at radius 3 is 2.33 bits per heavy atom. The second kappa shape index (κ2) is 3.88. The van der Waals surface area contributed by atoms with Crippen molar-refractivity contribution in [2.24, 2.45) is 5.41 Å². The molecular formula is C11H14O4. The standard InChI is InChI=1S/C11H14O4/c1-5-6-15-10(13)8-7(9(12)14-4)11(8,2)3/h5H,1,6H2,2-4H3. The Balaban J connectivity index is 2.77. The molecule has 0 N–H and O–H groups in total. The average Bonchev–Trinajstić information content (AvgIpc) is 2.77. The fourth-order valence-corrected chi connectivity index (χ4v) is 1.49. The first-order valence-electron chi connectivity index (χ1n) is 4.58. The van der Waals surface area contributed by atoms with E-state index in [2.05, 4.69) is 11.3 Å². The number of rotatable bonds is 4. The summed E-state index contributed by atoms with van der Waals surface area (Å²) in [5.74, 6) is -0.939. The second-order valence-electron chi connectivity index (χ2n) is 3.75. The summed E-state index contributed by atoms with van der Waals surface area (Å²) < 4.78 is 9.42. The highest BCUT2D eigenvalue weighted by atomic mass is 16.5. The quantitative estimate of drug-likeness (QED) is 0.517. The van der Waals surface area contributed by atoms with Gasteiger partial charge in [-0.25, -0.2) is 9.59 Å². The van der Waals surface area contributed by atoms with E-state index in [-0.39, 0.29) is 6.61 Å². The Hall–Kier alpha value is -1.58. The molecule has 0 radical (unpaired) electrons. The van der Waals surface area contributed by atoms with Gasteiger partial charge in [0.05, 0.1) is 18.3 Å². The van der Waals surface area contributed by atoms with Gasteiger partial charge in [-0.1, -0.05) is 26.5 Å². The molecule has 0 saturated carbocycles. The summed E-state index contributed by atoms with van der Waals surface area (Å²) in [7, 11) is 1.29. The van der Waals surface area contributed by atoms with Crippen molar-refractivity contribution in [1.29, 1.82) is 0 Å². The Bertz CT molecular complexity index is 350. The van der Waals surface area contributed by atoms with Gasteiger partial charge in [-0.15, -0.1) is 0 Å². The van der Waals surface area contributed by atoms with Crippen LogP contribution >= 0.6 is 0 Å². The van der Waals surface area contributed by atoms with Gasteiger partial charge < -0.3 is 9.47 Å². The van der Waals surface area contributed by atoms with Crippen LogP contribution in [0.5, 0.6) is 0 Å². The third-order valence-electron chi connectivity index (χ3n) is 2.36. The van der Waals surface area contributed by atoms with E-state index in [0.29, 0.717) is 11.1 Å². The molecule has 4 heteroatoms. The molecule has 0 spiro atoms. The van der Waals surface area contributed by atoms with Crippen LogP contribution in [0.2, 0.25) is 0 Å². The molecule has 82 valence electrons. The molecule has 0 aromatic rings. The molecule has 0 atom stereocenters. The first-order valence-corrected chi connectivity index (χ1v) is 4.58. The molecule has 0 aromatic heterocycles. The highest BCUT2D eigenvalue weighted by Gasteiger charge is 2.54. The lowest BCUT2D eigenvalue weighted by Gasteiger charge is -2.04. The maximum Gasteiger partial charge on any atom is 0.335 e. The minimum atomic E-state index is -0.522. The molecule has 0 unspecified atom stereocenters. The van der Waals surface area contributed by atoms with Crippen molar-refractivity contribution in [3.8, 4) is 0 Å². The van der Waals surface area contributed by atoms with Crippen molar-refractivity contribution in [2.45, 2.75) is 13.8 Å². The molecule has 0 amide bonds. The molecule has 0 aliphatic heterocycles. The third-order valence-corrected chi connectivity index (χ3v) is 2.36. The summed E-state index contributed by atoms with van der Waals surface area (Å²) >= 11 is 0. The van der Waals surface area contributed by atoms with Gasteiger partial charge in [0.1, 0.15) is 6.61 Å². The van der Waals surface area contributed by atoms with Crippen molar-refractivity contribution in [2.75, 3.05) is 13.7 Å². The molecule has 0 bridgehead atoms. The van der Waals surface area contributed by atoms with Crippen molar-refractivity contribution in [3.63, 3.8) is 0 Å². The lowest BCUT2D eigenvalue weighted by Crippen LogP contribution is -2.08. The van der Waals surface area contributed by atoms with Crippen molar-refractivity contribution in [1.82, 2.24) is 0 Å². The molecular weight excluding hydrogens is 196 g/mol. The van der Waals surface area contributed by atoms with Crippen LogP contribution < -0.4 is 0 Å². The smallest absolute Gasteiger partial charge is 0.335 e. The SMILES string of the molecule is C=CCOC(=O)C1=C(C(=O)OC)C1(C)C. The summed E-state index contributed by atoms with van der Waals surface area (Å²) in [4.78, 5) is 22.7. The number of carbonyl (C=O) groups excluding carboxylic acids is 2. The van der Waals surface area contributed by atoms with E-state index in [4.69, 9.17) is 4.74 Å². The molecule has 0 heterocycles. The Kier molecular flexibility index (Phi) is 2.98. The lowest BCUT2D eigenvalue weighted by atomic mass is 10.0. The largest absolute Gasteiger partial charge is 0.466 e. The number of esters is 2. The summed E-state index contributed by atoms with van der Waals surface area (Å²) in [5, 5.41) is 0. The zero-order valence-corrected chi connectivity index (χ0v) is 9.12. The van der Waals surface area contributed by atoms with Gasteiger partial charge in [0.2, 0.25) is 0 Å². The normalized spacial score (nSPS) is 17.0. The molecule has 0 fully saturated rings. The third kappa shape index (κ3) is 1.93. The molecule has 15 heavy (non-hydrogen) atoms. The van der Waals surface area contributed by atoms with Gasteiger partial charge in [-0.3, -0.25) is 0 Å². The predicted octanol–water partition coefficient (Wildman–Crippen LogP) is 1.22. The van der Waals surface area contributed by atoms with Crippen LogP contribution in [-0.4, -0.2) is 25.7 Å². The number of methoxy groups -OCH3 is 1. The Morgan fingerprint density at radius 1 is 1.33 bits per heavy atom. The van der Waals surface area contributed by atoms with E-state index >= 15 is 0 Å².